The first-order chi connectivity index (χ1) is 7.48. The summed E-state index contributed by atoms with van der Waals surface area (Å²) in [4.78, 5) is 0. The van der Waals surface area contributed by atoms with E-state index in [2.05, 4.69) is 5.10 Å². The summed E-state index contributed by atoms with van der Waals surface area (Å²) in [5.74, 6) is 0. The van der Waals surface area contributed by atoms with Crippen LogP contribution < -0.4 is 57.0 Å². The van der Waals surface area contributed by atoms with Gasteiger partial charge in [-0.1, -0.05) is 0 Å². The summed E-state index contributed by atoms with van der Waals surface area (Å²) in [5, 5.41) is 3.89. The maximum atomic E-state index is 12.8. The topological polar surface area (TPSA) is 27.1 Å². The van der Waals surface area contributed by atoms with Crippen LogP contribution in [-0.2, 0) is 4.74 Å². The molecule has 1 saturated heterocycles. The predicted octanol–water partition coefficient (Wildman–Crippen LogP) is -1.05. The zero-order valence-electron chi connectivity index (χ0n) is 10.00. The summed E-state index contributed by atoms with van der Waals surface area (Å²) < 4.78 is 44.6. The Morgan fingerprint density at radius 3 is 2.65 bits per heavy atom. The van der Waals surface area contributed by atoms with Gasteiger partial charge in [-0.05, 0) is 37.8 Å². The number of halogens is 3. The van der Waals surface area contributed by atoms with Crippen LogP contribution in [0.25, 0.3) is 0 Å². The zero-order valence-corrected chi connectivity index (χ0v) is 13.1. The SMILES string of the molecule is Cc1cc([B-](F)(F)F)n(C2CCCCO2)n1.[K+]. The first kappa shape index (κ1) is 15.7. The van der Waals surface area contributed by atoms with Gasteiger partial charge in [0, 0.05) is 6.61 Å². The third-order valence-corrected chi connectivity index (χ3v) is 2.65. The monoisotopic (exact) mass is 272 g/mol. The van der Waals surface area contributed by atoms with Gasteiger partial charge in [0.2, 0.25) is 0 Å². The molecule has 0 aliphatic carbocycles. The van der Waals surface area contributed by atoms with E-state index in [4.69, 9.17) is 4.74 Å². The van der Waals surface area contributed by atoms with Gasteiger partial charge in [-0.25, -0.2) is 0 Å². The largest absolute Gasteiger partial charge is 1.00 e. The Hall–Kier alpha value is 0.661. The second-order valence-electron chi connectivity index (χ2n) is 4.05. The van der Waals surface area contributed by atoms with E-state index in [1.807, 2.05) is 0 Å². The molecule has 17 heavy (non-hydrogen) atoms. The molecule has 8 heteroatoms. The maximum absolute atomic E-state index is 12.8. The van der Waals surface area contributed by atoms with Crippen molar-refractivity contribution in [2.24, 2.45) is 0 Å². The molecule has 0 amide bonds. The van der Waals surface area contributed by atoms with Crippen LogP contribution in [0.2, 0.25) is 0 Å². The van der Waals surface area contributed by atoms with Crippen LogP contribution in [0.4, 0.5) is 12.9 Å². The van der Waals surface area contributed by atoms with Crippen molar-refractivity contribution < 1.29 is 69.1 Å². The van der Waals surface area contributed by atoms with Gasteiger partial charge in [-0.15, -0.1) is 0 Å². The van der Waals surface area contributed by atoms with Crippen LogP contribution in [0, 0.1) is 6.92 Å². The van der Waals surface area contributed by atoms with Crippen molar-refractivity contribution in [1.29, 1.82) is 0 Å². The predicted molar refractivity (Wildman–Crippen MR) is 54.5 cm³/mol. The summed E-state index contributed by atoms with van der Waals surface area (Å²) in [6.45, 7) is -2.96. The van der Waals surface area contributed by atoms with Gasteiger partial charge in [0.15, 0.2) is 0 Å². The average Bonchev–Trinajstić information content (AvgIpc) is 2.61. The third kappa shape index (κ3) is 3.81. The molecule has 0 bridgehead atoms. The van der Waals surface area contributed by atoms with Crippen LogP contribution in [0.1, 0.15) is 31.2 Å². The normalized spacial score (nSPS) is 21.1. The van der Waals surface area contributed by atoms with E-state index in [0.29, 0.717) is 18.7 Å². The van der Waals surface area contributed by atoms with Gasteiger partial charge in [0.1, 0.15) is 6.23 Å². The smallest absolute Gasteiger partial charge is 0.444 e. The van der Waals surface area contributed by atoms with Crippen LogP contribution in [0.3, 0.4) is 0 Å². The summed E-state index contributed by atoms with van der Waals surface area (Å²) >= 11 is 0. The molecule has 0 radical (unpaired) electrons. The van der Waals surface area contributed by atoms with E-state index in [0.717, 1.165) is 23.6 Å². The molecule has 1 unspecified atom stereocenters. The minimum Gasteiger partial charge on any atom is -0.444 e. The fourth-order valence-electron chi connectivity index (χ4n) is 1.93. The van der Waals surface area contributed by atoms with Crippen molar-refractivity contribution in [3.05, 3.63) is 11.8 Å². The fraction of sp³-hybridized carbons (Fsp3) is 0.667. The fourth-order valence-corrected chi connectivity index (χ4v) is 1.93. The molecule has 0 N–H and O–H groups in total. The van der Waals surface area contributed by atoms with Crippen LogP contribution >= 0.6 is 0 Å². The Bertz CT molecular complexity index is 377. The summed E-state index contributed by atoms with van der Waals surface area (Å²) in [5.41, 5.74) is -0.284. The summed E-state index contributed by atoms with van der Waals surface area (Å²) in [6, 6.07) is 1.08. The Kier molecular flexibility index (Phi) is 5.74. The molecule has 1 atom stereocenters. The molecule has 1 fully saturated rings. The number of aromatic nitrogens is 2. The third-order valence-electron chi connectivity index (χ3n) is 2.65. The van der Waals surface area contributed by atoms with Gasteiger partial charge in [0.25, 0.3) is 0 Å². The first-order valence-electron chi connectivity index (χ1n) is 5.36. The molecule has 3 nitrogen and oxygen atoms in total. The Morgan fingerprint density at radius 2 is 2.12 bits per heavy atom. The van der Waals surface area contributed by atoms with Crippen molar-refractivity contribution in [2.45, 2.75) is 32.4 Å². The van der Waals surface area contributed by atoms with E-state index in [-0.39, 0.29) is 51.4 Å². The van der Waals surface area contributed by atoms with E-state index < -0.39 is 18.8 Å². The number of nitrogens with zero attached hydrogens (tertiary/aromatic N) is 2. The second kappa shape index (κ2) is 6.21. The number of hydrogen-bond acceptors (Lipinski definition) is 2. The van der Waals surface area contributed by atoms with E-state index in [9.17, 15) is 12.9 Å². The molecular formula is C9H13BF3KN2O. The molecule has 1 aliphatic rings. The van der Waals surface area contributed by atoms with Gasteiger partial charge in [-0.3, -0.25) is 4.68 Å². The van der Waals surface area contributed by atoms with Crippen molar-refractivity contribution >= 4 is 12.6 Å². The molecule has 2 heterocycles. The Morgan fingerprint density at radius 1 is 1.41 bits per heavy atom. The molecular weight excluding hydrogens is 259 g/mol. The first-order valence-corrected chi connectivity index (χ1v) is 5.36. The summed E-state index contributed by atoms with van der Waals surface area (Å²) in [6.07, 6.45) is 1.83. The molecule has 0 saturated carbocycles. The Labute approximate surface area is 141 Å². The molecule has 1 aromatic rings. The van der Waals surface area contributed by atoms with Crippen LogP contribution in [-0.4, -0.2) is 23.4 Å². The van der Waals surface area contributed by atoms with Crippen molar-refractivity contribution in [2.75, 3.05) is 6.61 Å². The van der Waals surface area contributed by atoms with Gasteiger partial charge in [-0.2, -0.15) is 5.10 Å². The number of aryl methyl sites for hydroxylation is 1. The van der Waals surface area contributed by atoms with Crippen molar-refractivity contribution in [1.82, 2.24) is 9.78 Å². The minimum absolute atomic E-state index is 0. The summed E-state index contributed by atoms with van der Waals surface area (Å²) in [7, 11) is 0. The zero-order chi connectivity index (χ0) is 11.8. The van der Waals surface area contributed by atoms with Gasteiger partial charge >= 0.3 is 58.4 Å². The number of ether oxygens (including phenoxy) is 1. The van der Waals surface area contributed by atoms with Gasteiger partial charge in [0.05, 0.1) is 5.69 Å². The molecule has 0 spiro atoms. The second-order valence-corrected chi connectivity index (χ2v) is 4.05. The van der Waals surface area contributed by atoms with E-state index in [1.54, 1.807) is 6.92 Å². The minimum atomic E-state index is -5.02. The molecule has 90 valence electrons. The van der Waals surface area contributed by atoms with Crippen LogP contribution in [0.15, 0.2) is 6.07 Å². The van der Waals surface area contributed by atoms with Crippen molar-refractivity contribution in [3.8, 4) is 0 Å². The standard InChI is InChI=1S/C9H13BF3N2O.K/c1-7-6-8(10(11,12)13)15(14-7)9-4-2-3-5-16-9;/h6,9H,2-5H2,1H3;/q-1;+1. The van der Waals surface area contributed by atoms with Gasteiger partial charge < -0.3 is 17.7 Å². The van der Waals surface area contributed by atoms with Crippen LogP contribution in [0.5, 0.6) is 0 Å². The average molecular weight is 272 g/mol. The van der Waals surface area contributed by atoms with Crippen molar-refractivity contribution in [3.63, 3.8) is 0 Å². The quantitative estimate of drug-likeness (QED) is 0.642. The molecule has 1 aliphatic heterocycles. The Balaban J connectivity index is 0.00000144. The van der Waals surface area contributed by atoms with E-state index >= 15 is 0 Å². The number of rotatable bonds is 2. The molecule has 1 aromatic heterocycles. The maximum Gasteiger partial charge on any atom is 1.00 e. The number of hydrogen-bond donors (Lipinski definition) is 0. The molecule has 0 aromatic carbocycles. The van der Waals surface area contributed by atoms with E-state index in [1.165, 1.54) is 0 Å². The molecule has 2 rings (SSSR count).